The zero-order valence-electron chi connectivity index (χ0n) is 26.4. The number of hydrogen-bond donors (Lipinski definition) is 2. The van der Waals surface area contributed by atoms with E-state index in [0.717, 1.165) is 44.2 Å². The zero-order valence-corrected chi connectivity index (χ0v) is 26.4. The van der Waals surface area contributed by atoms with Crippen LogP contribution in [0.1, 0.15) is 80.6 Å². The van der Waals surface area contributed by atoms with E-state index in [2.05, 4.69) is 92.5 Å². The number of fused-ring (bicyclic) bond motifs is 2. The number of hydrogen-bond acceptors (Lipinski definition) is 8. The molecule has 3 aliphatic heterocycles. The smallest absolute Gasteiger partial charge is 0.137 e. The highest BCUT2D eigenvalue weighted by Gasteiger charge is 2.47. The van der Waals surface area contributed by atoms with Crippen LogP contribution in [0, 0.1) is 18.8 Å². The quantitative estimate of drug-likeness (QED) is 0.543. The summed E-state index contributed by atoms with van der Waals surface area (Å²) in [5, 5.41) is 0. The Morgan fingerprint density at radius 3 is 2.56 bits per heavy atom. The first-order chi connectivity index (χ1) is 19.7. The molecule has 1 aromatic carbocycles. The molecule has 0 radical (unpaired) electrons. The largest absolute Gasteiger partial charge is 0.378 e. The maximum absolute atomic E-state index is 6.00. The van der Waals surface area contributed by atoms with Gasteiger partial charge < -0.3 is 19.4 Å². The Kier molecular flexibility index (Phi) is 8.05. The van der Waals surface area contributed by atoms with Crippen molar-refractivity contribution in [1.82, 2.24) is 25.7 Å². The van der Waals surface area contributed by atoms with Gasteiger partial charge in [-0.2, -0.15) is 0 Å². The van der Waals surface area contributed by atoms with Crippen molar-refractivity contribution in [1.29, 1.82) is 0 Å². The van der Waals surface area contributed by atoms with Crippen LogP contribution in [0.3, 0.4) is 0 Å². The number of nitrogens with zero attached hydrogens (tertiary/aromatic N) is 5. The highest BCUT2D eigenvalue weighted by atomic mass is 16.5. The van der Waals surface area contributed by atoms with E-state index in [1.165, 1.54) is 40.9 Å². The Balaban J connectivity index is 1.42. The number of methoxy groups -OCH3 is 1. The van der Waals surface area contributed by atoms with Gasteiger partial charge in [0.1, 0.15) is 11.6 Å². The molecule has 1 aliphatic carbocycles. The maximum Gasteiger partial charge on any atom is 0.137 e. The SMILES string of the molecule is COC1CN(c2nc(C3C(C)CCC4NNC(C)C43)nc3c2CN(c2cc(C(C)C)ccc2C)CC3)C[C@@H]1N(C)C. The minimum Gasteiger partial charge on any atom is -0.378 e. The van der Waals surface area contributed by atoms with Crippen LogP contribution in [0.2, 0.25) is 0 Å². The van der Waals surface area contributed by atoms with E-state index in [1.54, 1.807) is 0 Å². The molecule has 3 fully saturated rings. The van der Waals surface area contributed by atoms with E-state index in [4.69, 9.17) is 14.7 Å². The summed E-state index contributed by atoms with van der Waals surface area (Å²) in [4.78, 5) is 18.4. The third-order valence-corrected chi connectivity index (χ3v) is 10.6. The minimum atomic E-state index is 0.157. The van der Waals surface area contributed by atoms with E-state index < -0.39 is 0 Å². The summed E-state index contributed by atoms with van der Waals surface area (Å²) in [5.74, 6) is 4.13. The highest BCUT2D eigenvalue weighted by molar-refractivity contribution is 5.60. The summed E-state index contributed by atoms with van der Waals surface area (Å²) in [5.41, 5.74) is 13.8. The summed E-state index contributed by atoms with van der Waals surface area (Å²) in [6.07, 6.45) is 3.53. The topological polar surface area (TPSA) is 68.8 Å². The Hall–Kier alpha value is -2.26. The van der Waals surface area contributed by atoms with Gasteiger partial charge in [-0.1, -0.05) is 32.9 Å². The van der Waals surface area contributed by atoms with Gasteiger partial charge in [0.2, 0.25) is 0 Å². The molecule has 2 aromatic rings. The second-order valence-corrected chi connectivity index (χ2v) is 13.8. The molecule has 0 bridgehead atoms. The first-order valence-corrected chi connectivity index (χ1v) is 15.9. The predicted octanol–water partition coefficient (Wildman–Crippen LogP) is 4.23. The number of nitrogens with one attached hydrogen (secondary N) is 2. The van der Waals surface area contributed by atoms with Gasteiger partial charge >= 0.3 is 0 Å². The van der Waals surface area contributed by atoms with Crippen molar-refractivity contribution in [3.05, 3.63) is 46.4 Å². The molecule has 224 valence electrons. The lowest BCUT2D eigenvalue weighted by Crippen LogP contribution is -2.41. The van der Waals surface area contributed by atoms with Gasteiger partial charge in [-0.3, -0.25) is 10.9 Å². The summed E-state index contributed by atoms with van der Waals surface area (Å²) in [6, 6.07) is 8.21. The molecule has 2 saturated heterocycles. The Labute approximate surface area is 247 Å². The number of aromatic nitrogens is 2. The average Bonchev–Trinajstić information content (AvgIpc) is 3.56. The molecule has 1 saturated carbocycles. The van der Waals surface area contributed by atoms with Crippen LogP contribution in [0.25, 0.3) is 0 Å². The van der Waals surface area contributed by atoms with Crippen molar-refractivity contribution < 1.29 is 4.74 Å². The molecule has 8 heteroatoms. The molecule has 41 heavy (non-hydrogen) atoms. The average molecular weight is 562 g/mol. The number of likely N-dealkylation sites (N-methyl/N-ethyl adjacent to an activating group) is 1. The molecule has 6 rings (SSSR count). The fraction of sp³-hybridized carbons (Fsp3) is 0.697. The fourth-order valence-corrected chi connectivity index (χ4v) is 8.05. The van der Waals surface area contributed by atoms with Crippen LogP contribution >= 0.6 is 0 Å². The molecular formula is C33H51N7O. The first-order valence-electron chi connectivity index (χ1n) is 15.9. The standard InChI is InChI=1S/C33H51N7O/c1-19(2)23-11-9-20(3)27(15-23)39-14-13-25-24(16-39)33(40-17-28(38(6)7)29(18-40)41-8)35-32(34-25)30-21(4)10-12-26-31(30)22(5)36-37-26/h9,11,15,19,21-22,26,28-31,36-37H,10,12-14,16-18H2,1-8H3/t21?,22?,26?,28-,29?,30?,31?/m0/s1. The van der Waals surface area contributed by atoms with E-state index in [9.17, 15) is 0 Å². The molecule has 0 spiro atoms. The van der Waals surface area contributed by atoms with Crippen molar-refractivity contribution in [2.45, 2.75) is 96.5 Å². The van der Waals surface area contributed by atoms with Gasteiger partial charge in [-0.15, -0.1) is 0 Å². The maximum atomic E-state index is 6.00. The molecule has 2 N–H and O–H groups in total. The molecule has 1 aromatic heterocycles. The van der Waals surface area contributed by atoms with E-state index in [0.29, 0.717) is 41.8 Å². The Morgan fingerprint density at radius 1 is 1.05 bits per heavy atom. The molecule has 8 nitrogen and oxygen atoms in total. The normalized spacial score (nSPS) is 31.7. The van der Waals surface area contributed by atoms with Gasteiger partial charge in [-0.25, -0.2) is 9.97 Å². The van der Waals surface area contributed by atoms with E-state index in [1.807, 2.05) is 7.11 Å². The molecule has 4 aliphatic rings. The van der Waals surface area contributed by atoms with Gasteiger partial charge in [0, 0.05) is 74.9 Å². The second-order valence-electron chi connectivity index (χ2n) is 13.8. The van der Waals surface area contributed by atoms with Crippen molar-refractivity contribution in [2.24, 2.45) is 11.8 Å². The molecule has 6 unspecified atom stereocenters. The highest BCUT2D eigenvalue weighted by Crippen LogP contribution is 2.45. The summed E-state index contributed by atoms with van der Waals surface area (Å²) >= 11 is 0. The molecule has 0 amide bonds. The number of aryl methyl sites for hydroxylation is 1. The summed E-state index contributed by atoms with van der Waals surface area (Å²) < 4.78 is 6.00. The third-order valence-electron chi connectivity index (χ3n) is 10.6. The van der Waals surface area contributed by atoms with Crippen LogP contribution in [0.4, 0.5) is 11.5 Å². The number of ether oxygens (including phenoxy) is 1. The van der Waals surface area contributed by atoms with Crippen molar-refractivity contribution in [3.63, 3.8) is 0 Å². The van der Waals surface area contributed by atoms with Crippen LogP contribution in [0.5, 0.6) is 0 Å². The van der Waals surface area contributed by atoms with Gasteiger partial charge in [-0.05, 0) is 69.8 Å². The molecular weight excluding hydrogens is 510 g/mol. The van der Waals surface area contributed by atoms with Gasteiger partial charge in [0.05, 0.1) is 17.8 Å². The number of benzene rings is 1. The number of rotatable bonds is 6. The Morgan fingerprint density at radius 2 is 1.85 bits per heavy atom. The lowest BCUT2D eigenvalue weighted by molar-refractivity contribution is 0.0639. The van der Waals surface area contributed by atoms with Crippen LogP contribution < -0.4 is 20.7 Å². The lowest BCUT2D eigenvalue weighted by atomic mass is 9.68. The minimum absolute atomic E-state index is 0.157. The lowest BCUT2D eigenvalue weighted by Gasteiger charge is -2.40. The number of anilines is 2. The summed E-state index contributed by atoms with van der Waals surface area (Å²) in [6.45, 7) is 15.1. The van der Waals surface area contributed by atoms with E-state index >= 15 is 0 Å². The van der Waals surface area contributed by atoms with Crippen molar-refractivity contribution in [2.75, 3.05) is 50.6 Å². The first kappa shape index (κ1) is 28.8. The zero-order chi connectivity index (χ0) is 29.0. The van der Waals surface area contributed by atoms with Crippen molar-refractivity contribution in [3.8, 4) is 0 Å². The molecule has 4 heterocycles. The van der Waals surface area contributed by atoms with Crippen molar-refractivity contribution >= 4 is 11.5 Å². The predicted molar refractivity (Wildman–Crippen MR) is 167 cm³/mol. The van der Waals surface area contributed by atoms with Gasteiger partial charge in [0.25, 0.3) is 0 Å². The third kappa shape index (κ3) is 5.26. The van der Waals surface area contributed by atoms with Gasteiger partial charge in [0.15, 0.2) is 0 Å². The van der Waals surface area contributed by atoms with Crippen LogP contribution in [0.15, 0.2) is 18.2 Å². The number of hydrazine groups is 1. The second kappa shape index (κ2) is 11.4. The fourth-order valence-electron chi connectivity index (χ4n) is 8.05. The van der Waals surface area contributed by atoms with Crippen LogP contribution in [-0.2, 0) is 17.7 Å². The monoisotopic (exact) mass is 561 g/mol. The Bertz CT molecular complexity index is 1250. The summed E-state index contributed by atoms with van der Waals surface area (Å²) in [7, 11) is 6.18. The molecule has 7 atom stereocenters. The van der Waals surface area contributed by atoms with E-state index in [-0.39, 0.29) is 6.10 Å². The van der Waals surface area contributed by atoms with Crippen LogP contribution in [-0.4, -0.2) is 79.9 Å².